The van der Waals surface area contributed by atoms with Gasteiger partial charge in [0.2, 0.25) is 0 Å². The summed E-state index contributed by atoms with van der Waals surface area (Å²) in [5, 5.41) is 8.93. The Hall–Kier alpha value is -1.76. The number of amides is 1. The lowest BCUT2D eigenvalue weighted by Gasteiger charge is -2.33. The summed E-state index contributed by atoms with van der Waals surface area (Å²) < 4.78 is 1.77. The van der Waals surface area contributed by atoms with Crippen molar-refractivity contribution >= 4 is 5.91 Å². The van der Waals surface area contributed by atoms with Crippen LogP contribution in [-0.4, -0.2) is 28.5 Å². The highest BCUT2D eigenvalue weighted by Crippen LogP contribution is 2.43. The number of aryl methyl sites for hydroxylation is 1. The van der Waals surface area contributed by atoms with Crippen molar-refractivity contribution in [1.29, 1.82) is 5.26 Å². The zero-order valence-electron chi connectivity index (χ0n) is 12.1. The van der Waals surface area contributed by atoms with Crippen LogP contribution in [-0.2, 0) is 7.05 Å². The highest BCUT2D eigenvalue weighted by Gasteiger charge is 2.40. The maximum absolute atomic E-state index is 12.6. The van der Waals surface area contributed by atoms with Gasteiger partial charge in [-0.1, -0.05) is 19.3 Å². The summed E-state index contributed by atoms with van der Waals surface area (Å²) in [7, 11) is 1.83. The maximum Gasteiger partial charge on any atom is 0.270 e. The van der Waals surface area contributed by atoms with Gasteiger partial charge in [-0.05, 0) is 30.7 Å². The third-order valence-corrected chi connectivity index (χ3v) is 4.99. The van der Waals surface area contributed by atoms with E-state index in [2.05, 4.69) is 6.07 Å². The molecule has 20 heavy (non-hydrogen) atoms. The molecule has 1 spiro atoms. The molecule has 4 heteroatoms. The van der Waals surface area contributed by atoms with E-state index in [0.29, 0.717) is 16.7 Å². The van der Waals surface area contributed by atoms with Gasteiger partial charge in [0.25, 0.3) is 5.91 Å². The van der Waals surface area contributed by atoms with Crippen molar-refractivity contribution in [1.82, 2.24) is 9.47 Å². The van der Waals surface area contributed by atoms with Crippen molar-refractivity contribution < 1.29 is 4.79 Å². The van der Waals surface area contributed by atoms with Crippen molar-refractivity contribution in [2.24, 2.45) is 12.5 Å². The molecular weight excluding hydrogens is 250 g/mol. The Morgan fingerprint density at radius 2 is 2.05 bits per heavy atom. The van der Waals surface area contributed by atoms with Gasteiger partial charge in [0.15, 0.2) is 0 Å². The minimum absolute atomic E-state index is 0.0800. The third-order valence-electron chi connectivity index (χ3n) is 4.99. The molecule has 2 heterocycles. The highest BCUT2D eigenvalue weighted by molar-refractivity contribution is 5.93. The Labute approximate surface area is 120 Å². The van der Waals surface area contributed by atoms with Crippen molar-refractivity contribution in [2.45, 2.75) is 38.5 Å². The number of carbonyl (C=O) groups is 1. The monoisotopic (exact) mass is 271 g/mol. The van der Waals surface area contributed by atoms with Gasteiger partial charge >= 0.3 is 0 Å². The average molecular weight is 271 g/mol. The average Bonchev–Trinajstić information content (AvgIpc) is 3.03. The molecule has 4 nitrogen and oxygen atoms in total. The van der Waals surface area contributed by atoms with Crippen molar-refractivity contribution in [3.63, 3.8) is 0 Å². The smallest absolute Gasteiger partial charge is 0.270 e. The minimum atomic E-state index is 0.0800. The van der Waals surface area contributed by atoms with E-state index >= 15 is 0 Å². The molecule has 3 rings (SSSR count). The van der Waals surface area contributed by atoms with Crippen LogP contribution >= 0.6 is 0 Å². The van der Waals surface area contributed by atoms with Gasteiger partial charge < -0.3 is 9.47 Å². The molecule has 1 aromatic heterocycles. The third kappa shape index (κ3) is 2.22. The lowest BCUT2D eigenvalue weighted by molar-refractivity contribution is 0.0749. The first-order valence-electron chi connectivity index (χ1n) is 7.49. The maximum atomic E-state index is 12.6. The molecule has 2 aliphatic rings. The van der Waals surface area contributed by atoms with E-state index in [-0.39, 0.29) is 5.91 Å². The van der Waals surface area contributed by atoms with E-state index in [1.165, 1.54) is 32.1 Å². The molecule has 0 aromatic carbocycles. The number of carbonyl (C=O) groups excluding carboxylic acids is 1. The fourth-order valence-electron chi connectivity index (χ4n) is 3.82. The zero-order chi connectivity index (χ0) is 14.2. The summed E-state index contributed by atoms with van der Waals surface area (Å²) in [4.78, 5) is 14.6. The van der Waals surface area contributed by atoms with Crippen LogP contribution in [0.4, 0.5) is 0 Å². The van der Waals surface area contributed by atoms with Gasteiger partial charge in [-0.2, -0.15) is 5.26 Å². The fraction of sp³-hybridized carbons (Fsp3) is 0.625. The molecule has 0 bridgehead atoms. The number of hydrogen-bond acceptors (Lipinski definition) is 2. The first kappa shape index (κ1) is 13.2. The van der Waals surface area contributed by atoms with Crippen molar-refractivity contribution in [3.8, 4) is 6.07 Å². The zero-order valence-corrected chi connectivity index (χ0v) is 12.1. The topological polar surface area (TPSA) is 49.0 Å². The first-order valence-corrected chi connectivity index (χ1v) is 7.49. The fourth-order valence-corrected chi connectivity index (χ4v) is 3.82. The van der Waals surface area contributed by atoms with Gasteiger partial charge in [0, 0.05) is 26.3 Å². The van der Waals surface area contributed by atoms with Crippen LogP contribution < -0.4 is 0 Å². The van der Waals surface area contributed by atoms with E-state index in [0.717, 1.165) is 19.5 Å². The molecule has 2 fully saturated rings. The van der Waals surface area contributed by atoms with Crippen LogP contribution in [0.1, 0.15) is 54.6 Å². The Morgan fingerprint density at radius 1 is 1.30 bits per heavy atom. The van der Waals surface area contributed by atoms with Crippen LogP contribution in [0.5, 0.6) is 0 Å². The predicted octanol–water partition coefficient (Wildman–Crippen LogP) is 2.69. The molecule has 1 saturated carbocycles. The van der Waals surface area contributed by atoms with Crippen molar-refractivity contribution in [2.75, 3.05) is 13.1 Å². The van der Waals surface area contributed by atoms with Crippen LogP contribution in [0, 0.1) is 16.7 Å². The molecule has 1 aliphatic carbocycles. The summed E-state index contributed by atoms with van der Waals surface area (Å²) in [5.74, 6) is 0.0800. The van der Waals surface area contributed by atoms with E-state index in [1.54, 1.807) is 16.8 Å². The first-order chi connectivity index (χ1) is 9.63. The van der Waals surface area contributed by atoms with Crippen LogP contribution in [0.15, 0.2) is 12.3 Å². The lowest BCUT2D eigenvalue weighted by atomic mass is 9.73. The number of hydrogen-bond donors (Lipinski definition) is 0. The highest BCUT2D eigenvalue weighted by atomic mass is 16.2. The Bertz CT molecular complexity index is 561. The van der Waals surface area contributed by atoms with Gasteiger partial charge in [0.05, 0.1) is 5.56 Å². The summed E-state index contributed by atoms with van der Waals surface area (Å²) in [6.45, 7) is 1.77. The van der Waals surface area contributed by atoms with Crippen LogP contribution in [0.25, 0.3) is 0 Å². The second-order valence-electron chi connectivity index (χ2n) is 6.37. The number of nitriles is 1. The summed E-state index contributed by atoms with van der Waals surface area (Å²) in [5.41, 5.74) is 1.58. The van der Waals surface area contributed by atoms with E-state index in [4.69, 9.17) is 5.26 Å². The molecule has 0 N–H and O–H groups in total. The van der Waals surface area contributed by atoms with E-state index in [1.807, 2.05) is 11.9 Å². The molecule has 0 unspecified atom stereocenters. The SMILES string of the molecule is Cn1cc(C#N)cc1C(=O)N1CCC2(CCCCC2)C1. The van der Waals surface area contributed by atoms with Crippen molar-refractivity contribution in [3.05, 3.63) is 23.5 Å². The standard InChI is InChI=1S/C16H21N3O/c1-18-11-13(10-17)9-14(18)15(20)19-8-7-16(12-19)5-3-2-4-6-16/h9,11H,2-8,12H2,1H3. The number of nitrogens with zero attached hydrogens (tertiary/aromatic N) is 3. The molecule has 1 aromatic rings. The Balaban J connectivity index is 1.75. The summed E-state index contributed by atoms with van der Waals surface area (Å²) >= 11 is 0. The largest absolute Gasteiger partial charge is 0.345 e. The minimum Gasteiger partial charge on any atom is -0.345 e. The number of likely N-dealkylation sites (tertiary alicyclic amines) is 1. The molecular formula is C16H21N3O. The lowest BCUT2D eigenvalue weighted by Crippen LogP contribution is -2.34. The molecule has 1 aliphatic heterocycles. The molecule has 0 atom stereocenters. The van der Waals surface area contributed by atoms with Crippen LogP contribution in [0.3, 0.4) is 0 Å². The molecule has 106 valence electrons. The van der Waals surface area contributed by atoms with Gasteiger partial charge in [-0.3, -0.25) is 4.79 Å². The van der Waals surface area contributed by atoms with Gasteiger partial charge in [-0.15, -0.1) is 0 Å². The van der Waals surface area contributed by atoms with Crippen LogP contribution in [0.2, 0.25) is 0 Å². The summed E-state index contributed by atoms with van der Waals surface area (Å²) in [6, 6.07) is 3.80. The van der Waals surface area contributed by atoms with Gasteiger partial charge in [-0.25, -0.2) is 0 Å². The molecule has 1 amide bonds. The van der Waals surface area contributed by atoms with E-state index in [9.17, 15) is 4.79 Å². The quantitative estimate of drug-likeness (QED) is 0.788. The Morgan fingerprint density at radius 3 is 2.70 bits per heavy atom. The summed E-state index contributed by atoms with van der Waals surface area (Å²) in [6.07, 6.45) is 9.38. The van der Waals surface area contributed by atoms with Gasteiger partial charge in [0.1, 0.15) is 11.8 Å². The van der Waals surface area contributed by atoms with E-state index < -0.39 is 0 Å². The molecule has 0 radical (unpaired) electrons. The predicted molar refractivity (Wildman–Crippen MR) is 76.2 cm³/mol. The number of rotatable bonds is 1. The second-order valence-corrected chi connectivity index (χ2v) is 6.37. The number of aromatic nitrogens is 1. The Kier molecular flexibility index (Phi) is 3.29. The second kappa shape index (κ2) is 4.97. The molecule has 1 saturated heterocycles. The normalized spacial score (nSPS) is 21.1.